The Morgan fingerprint density at radius 1 is 1.78 bits per heavy atom. The molecule has 0 spiro atoms. The van der Waals surface area contributed by atoms with Crippen LogP contribution in [0.4, 0.5) is 0 Å². The number of alkyl halides is 1. The maximum Gasteiger partial charge on any atom is 0.348 e. The smallest absolute Gasteiger partial charge is 0.321 e. The van der Waals surface area contributed by atoms with E-state index in [0.717, 1.165) is 5.88 Å². The minimum absolute atomic E-state index is 0.604. The summed E-state index contributed by atoms with van der Waals surface area (Å²) < 4.78 is 9.58. The summed E-state index contributed by atoms with van der Waals surface area (Å²) in [6.07, 6.45) is 0. The van der Waals surface area contributed by atoms with Gasteiger partial charge in [-0.05, 0) is 0 Å². The Hall–Kier alpha value is 0.180. The molecule has 0 atom stereocenters. The summed E-state index contributed by atoms with van der Waals surface area (Å²) in [5.41, 5.74) is 0. The van der Waals surface area contributed by atoms with Crippen LogP contribution >= 0.6 is 19.2 Å². The lowest BCUT2D eigenvalue weighted by molar-refractivity contribution is 0.386. The summed E-state index contributed by atoms with van der Waals surface area (Å²) in [5, 5.41) is 0. The molecule has 0 amide bonds. The molecular weight excluding hydrogens is 162 g/mol. The van der Waals surface area contributed by atoms with E-state index in [4.69, 9.17) is 21.4 Å². The largest absolute Gasteiger partial charge is 0.348 e. The van der Waals surface area contributed by atoms with Gasteiger partial charge in [0, 0.05) is 11.7 Å². The van der Waals surface area contributed by atoms with Crippen LogP contribution in [0.15, 0.2) is 12.4 Å². The van der Waals surface area contributed by atoms with Crippen LogP contribution in [0.1, 0.15) is 6.92 Å². The van der Waals surface area contributed by atoms with Crippen LogP contribution in [-0.2, 0) is 4.57 Å². The zero-order valence-corrected chi connectivity index (χ0v) is 6.77. The number of hydrogen-bond acceptors (Lipinski definition) is 1. The Morgan fingerprint density at radius 3 is 1.89 bits per heavy atom. The first-order valence-corrected chi connectivity index (χ1v) is 4.44. The van der Waals surface area contributed by atoms with Gasteiger partial charge in [0.15, 0.2) is 0 Å². The summed E-state index contributed by atoms with van der Waals surface area (Å²) in [5.74, 6) is 1.33. The van der Waals surface area contributed by atoms with Crippen molar-refractivity contribution in [2.75, 3.05) is 5.88 Å². The molecule has 0 aliphatic carbocycles. The highest BCUT2D eigenvalue weighted by molar-refractivity contribution is 7.55. The van der Waals surface area contributed by atoms with Gasteiger partial charge in [-0.25, -0.2) is 0 Å². The van der Waals surface area contributed by atoms with Gasteiger partial charge in [-0.2, -0.15) is 0 Å². The van der Waals surface area contributed by atoms with Gasteiger partial charge in [0.05, 0.1) is 0 Å². The van der Waals surface area contributed by atoms with Crippen LogP contribution in [0.25, 0.3) is 0 Å². The highest BCUT2D eigenvalue weighted by atomic mass is 35.5. The van der Waals surface area contributed by atoms with Gasteiger partial charge < -0.3 is 9.79 Å². The molecule has 0 saturated heterocycles. The number of rotatable bonds is 1. The minimum Gasteiger partial charge on any atom is -0.321 e. The van der Waals surface area contributed by atoms with Gasteiger partial charge in [-0.3, -0.25) is 4.57 Å². The standard InChI is InChI=1S/C2H5Cl.C2H5O3P/c1-2-3;1-2-6(3,4)5/h2H2,1H3;2H,1H2,(H2,3,4,5). The average molecular weight is 173 g/mol. The number of halogens is 1. The fraction of sp³-hybridized carbons (Fsp3) is 0.500. The van der Waals surface area contributed by atoms with E-state index < -0.39 is 7.60 Å². The van der Waals surface area contributed by atoms with Crippen LogP contribution in [0, 0.1) is 0 Å². The molecule has 0 bridgehead atoms. The lowest BCUT2D eigenvalue weighted by Crippen LogP contribution is -1.63. The molecule has 0 fully saturated rings. The van der Waals surface area contributed by atoms with Crippen molar-refractivity contribution in [2.45, 2.75) is 6.92 Å². The van der Waals surface area contributed by atoms with Gasteiger partial charge >= 0.3 is 7.60 Å². The molecule has 0 aromatic heterocycles. The van der Waals surface area contributed by atoms with E-state index in [9.17, 15) is 4.57 Å². The lowest BCUT2D eigenvalue weighted by atomic mass is 11.0. The number of hydrogen-bond donors (Lipinski definition) is 2. The van der Waals surface area contributed by atoms with Crippen molar-refractivity contribution in [3.05, 3.63) is 12.4 Å². The van der Waals surface area contributed by atoms with E-state index in [1.807, 2.05) is 6.92 Å². The summed E-state index contributed by atoms with van der Waals surface area (Å²) in [6.45, 7) is 4.76. The Balaban J connectivity index is 0. The Kier molecular flexibility index (Phi) is 8.34. The molecule has 56 valence electrons. The molecule has 0 heterocycles. The average Bonchev–Trinajstić information content (AvgIpc) is 1.67. The van der Waals surface area contributed by atoms with E-state index in [2.05, 4.69) is 6.58 Å². The topological polar surface area (TPSA) is 57.5 Å². The van der Waals surface area contributed by atoms with Crippen molar-refractivity contribution in [3.63, 3.8) is 0 Å². The van der Waals surface area contributed by atoms with Crippen molar-refractivity contribution in [3.8, 4) is 0 Å². The molecule has 0 aromatic carbocycles. The van der Waals surface area contributed by atoms with E-state index in [-0.39, 0.29) is 0 Å². The van der Waals surface area contributed by atoms with E-state index in [0.29, 0.717) is 5.82 Å². The van der Waals surface area contributed by atoms with Crippen molar-refractivity contribution in [2.24, 2.45) is 0 Å². The van der Waals surface area contributed by atoms with Crippen LogP contribution in [-0.4, -0.2) is 15.7 Å². The zero-order valence-electron chi connectivity index (χ0n) is 5.12. The molecule has 9 heavy (non-hydrogen) atoms. The monoisotopic (exact) mass is 172 g/mol. The maximum atomic E-state index is 9.58. The SMILES string of the molecule is C=CP(=O)(O)O.CCCl. The quantitative estimate of drug-likeness (QED) is 0.466. The summed E-state index contributed by atoms with van der Waals surface area (Å²) in [6, 6.07) is 0. The highest BCUT2D eigenvalue weighted by Gasteiger charge is 2.00. The van der Waals surface area contributed by atoms with E-state index in [1.54, 1.807) is 0 Å². The third kappa shape index (κ3) is 30.9. The predicted octanol–water partition coefficient (Wildman–Crippen LogP) is 1.55. The Labute approximate surface area is 59.5 Å². The predicted molar refractivity (Wildman–Crippen MR) is 38.6 cm³/mol. The van der Waals surface area contributed by atoms with Gasteiger partial charge in [-0.1, -0.05) is 13.5 Å². The molecule has 0 radical (unpaired) electrons. The lowest BCUT2D eigenvalue weighted by Gasteiger charge is -1.87. The molecule has 0 rings (SSSR count). The summed E-state index contributed by atoms with van der Waals surface area (Å²) in [4.78, 5) is 15.6. The molecule has 0 aliphatic rings. The van der Waals surface area contributed by atoms with Gasteiger partial charge in [0.2, 0.25) is 0 Å². The van der Waals surface area contributed by atoms with Crippen LogP contribution < -0.4 is 0 Å². The second-order valence-corrected chi connectivity index (χ2v) is 3.12. The zero-order chi connectivity index (χ0) is 7.91. The third-order valence-corrected chi connectivity index (χ3v) is 0.714. The fourth-order valence-electron chi connectivity index (χ4n) is 0. The first kappa shape index (κ1) is 11.9. The maximum absolute atomic E-state index is 9.58. The summed E-state index contributed by atoms with van der Waals surface area (Å²) in [7, 11) is -3.88. The molecule has 0 aromatic rings. The second-order valence-electron chi connectivity index (χ2n) is 1.04. The normalized spacial score (nSPS) is 9.33. The van der Waals surface area contributed by atoms with E-state index >= 15 is 0 Å². The molecule has 5 heteroatoms. The first-order chi connectivity index (χ1) is 3.97. The third-order valence-electron chi connectivity index (χ3n) is 0.238. The molecular formula is C4H10ClO3P. The summed E-state index contributed by atoms with van der Waals surface area (Å²) >= 11 is 5.00. The molecule has 3 nitrogen and oxygen atoms in total. The fourth-order valence-corrected chi connectivity index (χ4v) is 0. The van der Waals surface area contributed by atoms with Crippen LogP contribution in [0.2, 0.25) is 0 Å². The van der Waals surface area contributed by atoms with E-state index in [1.165, 1.54) is 0 Å². The Morgan fingerprint density at radius 2 is 1.89 bits per heavy atom. The minimum atomic E-state index is -3.88. The van der Waals surface area contributed by atoms with Crippen LogP contribution in [0.5, 0.6) is 0 Å². The Bertz CT molecular complexity index is 108. The van der Waals surface area contributed by atoms with Crippen molar-refractivity contribution in [1.29, 1.82) is 0 Å². The molecule has 0 unspecified atom stereocenters. The molecule has 2 N–H and O–H groups in total. The van der Waals surface area contributed by atoms with Crippen molar-refractivity contribution < 1.29 is 14.4 Å². The van der Waals surface area contributed by atoms with Gasteiger partial charge in [-0.15, -0.1) is 11.6 Å². The second kappa shape index (κ2) is 6.30. The van der Waals surface area contributed by atoms with Gasteiger partial charge in [0.25, 0.3) is 0 Å². The molecule has 0 aliphatic heterocycles. The van der Waals surface area contributed by atoms with Crippen molar-refractivity contribution in [1.82, 2.24) is 0 Å². The van der Waals surface area contributed by atoms with Crippen molar-refractivity contribution >= 4 is 19.2 Å². The highest BCUT2D eigenvalue weighted by Crippen LogP contribution is 2.34. The van der Waals surface area contributed by atoms with Gasteiger partial charge in [0.1, 0.15) is 0 Å². The first-order valence-electron chi connectivity index (χ1n) is 2.22. The molecule has 0 saturated carbocycles. The van der Waals surface area contributed by atoms with Crippen LogP contribution in [0.3, 0.4) is 0 Å².